The van der Waals surface area contributed by atoms with Crippen molar-refractivity contribution in [3.05, 3.63) is 22.9 Å². The first-order valence-corrected chi connectivity index (χ1v) is 7.73. The first-order valence-electron chi connectivity index (χ1n) is 7.73. The molecule has 0 bridgehead atoms. The summed E-state index contributed by atoms with van der Waals surface area (Å²) in [6, 6.07) is 2.43. The number of anilines is 1. The first kappa shape index (κ1) is 14.1. The van der Waals surface area contributed by atoms with Crippen molar-refractivity contribution in [2.45, 2.75) is 44.6 Å². The van der Waals surface area contributed by atoms with Crippen LogP contribution in [0.25, 0.3) is 5.65 Å². The summed E-state index contributed by atoms with van der Waals surface area (Å²) < 4.78 is 1.38. The second kappa shape index (κ2) is 6.71. The summed E-state index contributed by atoms with van der Waals surface area (Å²) in [5.41, 5.74) is 0.313. The van der Waals surface area contributed by atoms with Crippen molar-refractivity contribution in [2.75, 3.05) is 18.4 Å². The zero-order chi connectivity index (χ0) is 14.5. The molecule has 0 saturated heterocycles. The minimum Gasteiger partial charge on any atom is -0.369 e. The molecule has 3 rings (SSSR count). The minimum absolute atomic E-state index is 0.265. The van der Waals surface area contributed by atoms with Crippen LogP contribution in [0, 0.1) is 0 Å². The second-order valence-electron chi connectivity index (χ2n) is 5.60. The highest BCUT2D eigenvalue weighted by atomic mass is 16.1. The Morgan fingerprint density at radius 3 is 2.86 bits per heavy atom. The number of nitrogens with one attached hydrogen (secondary N) is 3. The molecule has 0 radical (unpaired) electrons. The summed E-state index contributed by atoms with van der Waals surface area (Å²) >= 11 is 0. The summed E-state index contributed by atoms with van der Waals surface area (Å²) in [5, 5.41) is 13.2. The van der Waals surface area contributed by atoms with Gasteiger partial charge in [0.1, 0.15) is 12.1 Å². The average Bonchev–Trinajstić information content (AvgIpc) is 2.72. The van der Waals surface area contributed by atoms with Crippen molar-refractivity contribution in [1.29, 1.82) is 0 Å². The van der Waals surface area contributed by atoms with Gasteiger partial charge in [0.2, 0.25) is 0 Å². The Labute approximate surface area is 123 Å². The van der Waals surface area contributed by atoms with Crippen molar-refractivity contribution >= 4 is 11.5 Å². The van der Waals surface area contributed by atoms with Gasteiger partial charge in [0.15, 0.2) is 5.65 Å². The minimum atomic E-state index is -0.265. The van der Waals surface area contributed by atoms with Crippen LogP contribution in [0.4, 0.5) is 5.82 Å². The predicted molar refractivity (Wildman–Crippen MR) is 81.6 cm³/mol. The number of rotatable bonds is 5. The van der Waals surface area contributed by atoms with Gasteiger partial charge in [-0.1, -0.05) is 25.7 Å². The third-order valence-corrected chi connectivity index (χ3v) is 4.03. The molecule has 0 spiro atoms. The molecule has 114 valence electrons. The summed E-state index contributed by atoms with van der Waals surface area (Å²) in [6.45, 7) is 1.74. The molecule has 0 unspecified atom stereocenters. The standard InChI is InChI=1S/C14H22N6O/c21-14-19-18-13-9-12(17-10-20(13)14)16-8-7-15-11-5-3-1-2-4-6-11/h9-11,15-16H,1-8H2,(H,19,21). The quantitative estimate of drug-likeness (QED) is 0.568. The van der Waals surface area contributed by atoms with Gasteiger partial charge < -0.3 is 10.6 Å². The topological polar surface area (TPSA) is 87.1 Å². The third kappa shape index (κ3) is 3.60. The molecule has 2 aromatic rings. The van der Waals surface area contributed by atoms with E-state index in [4.69, 9.17) is 0 Å². The van der Waals surface area contributed by atoms with E-state index in [0.717, 1.165) is 18.9 Å². The predicted octanol–water partition coefficient (Wildman–Crippen LogP) is 1.14. The lowest BCUT2D eigenvalue weighted by atomic mass is 10.1. The van der Waals surface area contributed by atoms with Gasteiger partial charge in [0.25, 0.3) is 0 Å². The normalized spacial score (nSPS) is 17.0. The molecule has 1 fully saturated rings. The SMILES string of the molecule is O=c1[nH]nc2cc(NCCNC3CCCCCC3)ncn12. The molecular formula is C14H22N6O. The Morgan fingerprint density at radius 1 is 1.24 bits per heavy atom. The van der Waals surface area contributed by atoms with E-state index in [0.29, 0.717) is 11.7 Å². The Kier molecular flexibility index (Phi) is 4.49. The molecule has 2 heterocycles. The van der Waals surface area contributed by atoms with E-state index >= 15 is 0 Å². The molecule has 7 heteroatoms. The van der Waals surface area contributed by atoms with E-state index in [9.17, 15) is 4.79 Å². The maximum atomic E-state index is 11.3. The van der Waals surface area contributed by atoms with Gasteiger partial charge in [0.05, 0.1) is 0 Å². The molecule has 0 amide bonds. The fourth-order valence-electron chi connectivity index (χ4n) is 2.86. The van der Waals surface area contributed by atoms with E-state index in [1.54, 1.807) is 6.07 Å². The van der Waals surface area contributed by atoms with E-state index in [1.807, 2.05) is 0 Å². The van der Waals surface area contributed by atoms with Gasteiger partial charge in [0, 0.05) is 25.2 Å². The Hall–Kier alpha value is -1.89. The highest BCUT2D eigenvalue weighted by Gasteiger charge is 2.10. The zero-order valence-electron chi connectivity index (χ0n) is 12.1. The van der Waals surface area contributed by atoms with Gasteiger partial charge in [-0.3, -0.25) is 0 Å². The van der Waals surface area contributed by atoms with Gasteiger partial charge in [-0.15, -0.1) is 0 Å². The van der Waals surface area contributed by atoms with E-state index in [2.05, 4.69) is 25.8 Å². The third-order valence-electron chi connectivity index (χ3n) is 4.03. The van der Waals surface area contributed by atoms with Crippen LogP contribution in [0.2, 0.25) is 0 Å². The number of aromatic nitrogens is 4. The number of hydrogen-bond donors (Lipinski definition) is 3. The molecule has 21 heavy (non-hydrogen) atoms. The van der Waals surface area contributed by atoms with Crippen LogP contribution in [-0.4, -0.2) is 38.7 Å². The summed E-state index contributed by atoms with van der Waals surface area (Å²) in [6.07, 6.45) is 9.52. The molecule has 1 aliphatic carbocycles. The van der Waals surface area contributed by atoms with Crippen molar-refractivity contribution in [2.24, 2.45) is 0 Å². The largest absolute Gasteiger partial charge is 0.369 e. The highest BCUT2D eigenvalue weighted by Crippen LogP contribution is 2.16. The fraction of sp³-hybridized carbons (Fsp3) is 0.643. The second-order valence-corrected chi connectivity index (χ2v) is 5.60. The Bertz CT molecular complexity index is 626. The Morgan fingerprint density at radius 2 is 2.05 bits per heavy atom. The van der Waals surface area contributed by atoms with E-state index in [1.165, 1.54) is 49.3 Å². The van der Waals surface area contributed by atoms with Crippen molar-refractivity contribution in [1.82, 2.24) is 24.9 Å². The lowest BCUT2D eigenvalue weighted by Gasteiger charge is -2.16. The van der Waals surface area contributed by atoms with Crippen LogP contribution in [0.15, 0.2) is 17.2 Å². The van der Waals surface area contributed by atoms with Gasteiger partial charge in [-0.2, -0.15) is 5.10 Å². The zero-order valence-corrected chi connectivity index (χ0v) is 12.1. The van der Waals surface area contributed by atoms with Crippen LogP contribution >= 0.6 is 0 Å². The maximum Gasteiger partial charge on any atom is 0.348 e. The molecule has 3 N–H and O–H groups in total. The molecule has 0 aromatic carbocycles. The molecule has 1 saturated carbocycles. The van der Waals surface area contributed by atoms with E-state index < -0.39 is 0 Å². The first-order chi connectivity index (χ1) is 10.3. The number of H-pyrrole nitrogens is 1. The van der Waals surface area contributed by atoms with Gasteiger partial charge in [-0.05, 0) is 12.8 Å². The molecule has 0 aliphatic heterocycles. The molecular weight excluding hydrogens is 268 g/mol. The fourth-order valence-corrected chi connectivity index (χ4v) is 2.86. The lowest BCUT2D eigenvalue weighted by Crippen LogP contribution is -2.32. The monoisotopic (exact) mass is 290 g/mol. The molecule has 2 aromatic heterocycles. The average molecular weight is 290 g/mol. The van der Waals surface area contributed by atoms with Crippen LogP contribution in [0.3, 0.4) is 0 Å². The maximum absolute atomic E-state index is 11.3. The van der Waals surface area contributed by atoms with Crippen molar-refractivity contribution in [3.8, 4) is 0 Å². The number of aromatic amines is 1. The van der Waals surface area contributed by atoms with Gasteiger partial charge >= 0.3 is 5.69 Å². The lowest BCUT2D eigenvalue weighted by molar-refractivity contribution is 0.468. The smallest absolute Gasteiger partial charge is 0.348 e. The van der Waals surface area contributed by atoms with Gasteiger partial charge in [-0.25, -0.2) is 19.3 Å². The Balaban J connectivity index is 1.46. The van der Waals surface area contributed by atoms with Crippen LogP contribution in [0.5, 0.6) is 0 Å². The summed E-state index contributed by atoms with van der Waals surface area (Å²) in [5.74, 6) is 0.740. The summed E-state index contributed by atoms with van der Waals surface area (Å²) in [7, 11) is 0. The van der Waals surface area contributed by atoms with Crippen molar-refractivity contribution in [3.63, 3.8) is 0 Å². The van der Waals surface area contributed by atoms with Crippen LogP contribution < -0.4 is 16.3 Å². The van der Waals surface area contributed by atoms with Crippen LogP contribution in [-0.2, 0) is 0 Å². The molecule has 1 aliphatic rings. The number of hydrogen-bond acceptors (Lipinski definition) is 5. The van der Waals surface area contributed by atoms with Crippen LogP contribution in [0.1, 0.15) is 38.5 Å². The molecule has 0 atom stereocenters. The number of fused-ring (bicyclic) bond motifs is 1. The summed E-state index contributed by atoms with van der Waals surface area (Å²) in [4.78, 5) is 15.5. The van der Waals surface area contributed by atoms with E-state index in [-0.39, 0.29) is 5.69 Å². The number of nitrogens with zero attached hydrogens (tertiary/aromatic N) is 3. The van der Waals surface area contributed by atoms with Crippen molar-refractivity contribution < 1.29 is 0 Å². The molecule has 7 nitrogen and oxygen atoms in total. The highest BCUT2D eigenvalue weighted by molar-refractivity contribution is 5.48.